The Balaban J connectivity index is 1.53. The summed E-state index contributed by atoms with van der Waals surface area (Å²) in [6.07, 6.45) is 12.5. The van der Waals surface area contributed by atoms with Crippen molar-refractivity contribution in [2.45, 2.75) is 50.6 Å². The number of pyridine rings is 1. The first-order valence-electron chi connectivity index (χ1n) is 8.83. The van der Waals surface area contributed by atoms with Gasteiger partial charge >= 0.3 is 0 Å². The van der Waals surface area contributed by atoms with Crippen molar-refractivity contribution in [1.82, 2.24) is 15.4 Å². The van der Waals surface area contributed by atoms with Gasteiger partial charge < -0.3 is 5.32 Å². The average molecular weight is 330 g/mol. The summed E-state index contributed by atoms with van der Waals surface area (Å²) in [7, 11) is 0. The third-order valence-electron chi connectivity index (χ3n) is 4.97. The fourth-order valence-electron chi connectivity index (χ4n) is 3.73. The van der Waals surface area contributed by atoms with Gasteiger partial charge in [0.05, 0.1) is 0 Å². The van der Waals surface area contributed by atoms with Crippen LogP contribution in [0.3, 0.4) is 0 Å². The Morgan fingerprint density at radius 2 is 2.08 bits per heavy atom. The minimum atomic E-state index is -0.550. The molecule has 1 aliphatic carbocycles. The van der Waals surface area contributed by atoms with E-state index in [1.807, 2.05) is 12.1 Å². The summed E-state index contributed by atoms with van der Waals surface area (Å²) in [5, 5.41) is 12.0. The van der Waals surface area contributed by atoms with E-state index < -0.39 is 5.91 Å². The molecule has 0 unspecified atom stereocenters. The summed E-state index contributed by atoms with van der Waals surface area (Å²) >= 11 is 0. The zero-order valence-electron chi connectivity index (χ0n) is 13.9. The van der Waals surface area contributed by atoms with Crippen LogP contribution in [0.5, 0.6) is 0 Å². The van der Waals surface area contributed by atoms with E-state index in [0.29, 0.717) is 6.04 Å². The number of rotatable bonds is 5. The highest BCUT2D eigenvalue weighted by molar-refractivity contribution is 5.90. The number of hydroxylamine groups is 1. The maximum absolute atomic E-state index is 11.0. The molecule has 2 heterocycles. The van der Waals surface area contributed by atoms with Crippen LogP contribution in [0.4, 0.5) is 5.82 Å². The SMILES string of the molecule is O=C(/C=C/c1ccc(N[C@@H]2CCCN(C3CCCC3)C2)nc1)NO. The number of amides is 1. The lowest BCUT2D eigenvalue weighted by atomic mass is 10.0. The molecule has 24 heavy (non-hydrogen) atoms. The van der Waals surface area contributed by atoms with E-state index >= 15 is 0 Å². The van der Waals surface area contributed by atoms with Crippen molar-refractivity contribution in [2.24, 2.45) is 0 Å². The molecule has 2 fully saturated rings. The standard InChI is InChI=1S/C18H26N4O2/c23-18(21-24)10-8-14-7-9-17(19-12-14)20-15-4-3-11-22(13-15)16-5-1-2-6-16/h7-10,12,15-16,24H,1-6,11,13H2,(H,19,20)(H,21,23)/b10-8+/t15-/m1/s1. The smallest absolute Gasteiger partial charge is 0.267 e. The fraction of sp³-hybridized carbons (Fsp3) is 0.556. The minimum Gasteiger partial charge on any atom is -0.366 e. The zero-order valence-corrected chi connectivity index (χ0v) is 13.9. The van der Waals surface area contributed by atoms with Gasteiger partial charge in [0.2, 0.25) is 0 Å². The molecule has 3 N–H and O–H groups in total. The van der Waals surface area contributed by atoms with Crippen LogP contribution in [0.15, 0.2) is 24.4 Å². The Kier molecular flexibility index (Phi) is 5.82. The molecule has 3 rings (SSSR count). The number of anilines is 1. The zero-order chi connectivity index (χ0) is 16.8. The van der Waals surface area contributed by atoms with E-state index in [-0.39, 0.29) is 0 Å². The molecule has 1 aromatic heterocycles. The molecule has 1 atom stereocenters. The Labute approximate surface area is 142 Å². The number of likely N-dealkylation sites (tertiary alicyclic amines) is 1. The first-order valence-corrected chi connectivity index (χ1v) is 8.83. The minimum absolute atomic E-state index is 0.452. The molecule has 1 amide bonds. The molecule has 0 aromatic carbocycles. The molecular formula is C18H26N4O2. The number of nitrogens with zero attached hydrogens (tertiary/aromatic N) is 2. The van der Waals surface area contributed by atoms with E-state index in [9.17, 15) is 4.79 Å². The van der Waals surface area contributed by atoms with Gasteiger partial charge in [-0.05, 0) is 56.0 Å². The number of piperidine rings is 1. The Bertz CT molecular complexity index is 567. The van der Waals surface area contributed by atoms with Crippen LogP contribution in [0.1, 0.15) is 44.1 Å². The monoisotopic (exact) mass is 330 g/mol. The van der Waals surface area contributed by atoms with Crippen molar-refractivity contribution in [2.75, 3.05) is 18.4 Å². The summed E-state index contributed by atoms with van der Waals surface area (Å²) in [5.74, 6) is 0.323. The molecule has 0 spiro atoms. The van der Waals surface area contributed by atoms with Crippen LogP contribution < -0.4 is 10.8 Å². The third-order valence-corrected chi connectivity index (χ3v) is 4.97. The lowest BCUT2D eigenvalue weighted by Crippen LogP contribution is -2.46. The molecule has 1 aromatic rings. The number of carbonyl (C=O) groups excluding carboxylic acids is 1. The van der Waals surface area contributed by atoms with Crippen LogP contribution in [-0.2, 0) is 4.79 Å². The van der Waals surface area contributed by atoms with Crippen LogP contribution in [0.2, 0.25) is 0 Å². The molecule has 0 bridgehead atoms. The van der Waals surface area contributed by atoms with E-state index in [0.717, 1.165) is 24.0 Å². The molecule has 2 aliphatic rings. The van der Waals surface area contributed by atoms with Crippen LogP contribution in [0.25, 0.3) is 6.08 Å². The normalized spacial score (nSPS) is 22.8. The molecule has 1 aliphatic heterocycles. The summed E-state index contributed by atoms with van der Waals surface area (Å²) in [6, 6.07) is 5.08. The lowest BCUT2D eigenvalue weighted by Gasteiger charge is -2.37. The Morgan fingerprint density at radius 1 is 1.25 bits per heavy atom. The summed E-state index contributed by atoms with van der Waals surface area (Å²) in [4.78, 5) is 18.0. The van der Waals surface area contributed by atoms with E-state index in [4.69, 9.17) is 5.21 Å². The molecule has 1 saturated carbocycles. The second-order valence-electron chi connectivity index (χ2n) is 6.70. The lowest BCUT2D eigenvalue weighted by molar-refractivity contribution is -0.124. The van der Waals surface area contributed by atoms with Gasteiger partial charge in [-0.2, -0.15) is 0 Å². The number of hydrogen-bond donors (Lipinski definition) is 3. The van der Waals surface area contributed by atoms with Crippen LogP contribution in [-0.4, -0.2) is 46.2 Å². The molecule has 130 valence electrons. The van der Waals surface area contributed by atoms with Gasteiger partial charge in [-0.15, -0.1) is 0 Å². The van der Waals surface area contributed by atoms with Gasteiger partial charge in [-0.3, -0.25) is 14.9 Å². The van der Waals surface area contributed by atoms with Gasteiger partial charge in [-0.25, -0.2) is 10.5 Å². The van der Waals surface area contributed by atoms with Gasteiger partial charge in [0.15, 0.2) is 0 Å². The van der Waals surface area contributed by atoms with Gasteiger partial charge in [0.1, 0.15) is 5.82 Å². The Morgan fingerprint density at radius 3 is 2.79 bits per heavy atom. The van der Waals surface area contributed by atoms with Crippen molar-refractivity contribution >= 4 is 17.8 Å². The topological polar surface area (TPSA) is 77.5 Å². The largest absolute Gasteiger partial charge is 0.366 e. The van der Waals surface area contributed by atoms with Crippen molar-refractivity contribution < 1.29 is 10.0 Å². The molecular weight excluding hydrogens is 304 g/mol. The number of aromatic nitrogens is 1. The second kappa shape index (κ2) is 8.26. The van der Waals surface area contributed by atoms with Crippen molar-refractivity contribution in [1.29, 1.82) is 0 Å². The first kappa shape index (κ1) is 16.9. The van der Waals surface area contributed by atoms with E-state index in [1.165, 1.54) is 51.1 Å². The van der Waals surface area contributed by atoms with Crippen molar-refractivity contribution in [3.63, 3.8) is 0 Å². The van der Waals surface area contributed by atoms with Gasteiger partial charge in [-0.1, -0.05) is 12.8 Å². The highest BCUT2D eigenvalue weighted by Crippen LogP contribution is 2.26. The quantitative estimate of drug-likeness (QED) is 0.439. The molecule has 1 saturated heterocycles. The van der Waals surface area contributed by atoms with Gasteiger partial charge in [0.25, 0.3) is 5.91 Å². The Hall–Kier alpha value is -1.92. The number of hydrogen-bond acceptors (Lipinski definition) is 5. The molecule has 6 heteroatoms. The summed E-state index contributed by atoms with van der Waals surface area (Å²) < 4.78 is 0. The third kappa shape index (κ3) is 4.55. The van der Waals surface area contributed by atoms with Crippen molar-refractivity contribution in [3.05, 3.63) is 30.0 Å². The predicted molar refractivity (Wildman–Crippen MR) is 93.7 cm³/mol. The van der Waals surface area contributed by atoms with Crippen LogP contribution >= 0.6 is 0 Å². The highest BCUT2D eigenvalue weighted by Gasteiger charge is 2.27. The maximum atomic E-state index is 11.0. The van der Waals surface area contributed by atoms with Crippen LogP contribution in [0, 0.1) is 0 Å². The number of nitrogens with one attached hydrogen (secondary N) is 2. The fourth-order valence-corrected chi connectivity index (χ4v) is 3.73. The second-order valence-corrected chi connectivity index (χ2v) is 6.70. The summed E-state index contributed by atoms with van der Waals surface area (Å²) in [6.45, 7) is 2.33. The highest BCUT2D eigenvalue weighted by atomic mass is 16.5. The molecule has 6 nitrogen and oxygen atoms in total. The predicted octanol–water partition coefficient (Wildman–Crippen LogP) is 2.42. The summed E-state index contributed by atoms with van der Waals surface area (Å²) in [5.41, 5.74) is 2.38. The number of carbonyl (C=O) groups is 1. The average Bonchev–Trinajstić information content (AvgIpc) is 3.16. The van der Waals surface area contributed by atoms with E-state index in [2.05, 4.69) is 15.2 Å². The van der Waals surface area contributed by atoms with Crippen molar-refractivity contribution in [3.8, 4) is 0 Å². The molecule has 0 radical (unpaired) electrons. The first-order chi connectivity index (χ1) is 11.7. The van der Waals surface area contributed by atoms with Gasteiger partial charge in [0, 0.05) is 30.9 Å². The van der Waals surface area contributed by atoms with E-state index in [1.54, 1.807) is 17.8 Å². The maximum Gasteiger partial charge on any atom is 0.267 e.